The maximum Gasteiger partial charge on any atom is 0.390 e. The molecule has 1 unspecified atom stereocenters. The number of rotatable bonds is 8. The van der Waals surface area contributed by atoms with Crippen LogP contribution in [0.4, 0.5) is 13.2 Å². The summed E-state index contributed by atoms with van der Waals surface area (Å²) in [6.45, 7) is 13.5. The summed E-state index contributed by atoms with van der Waals surface area (Å²) in [5, 5.41) is 6.16. The Hall–Kier alpha value is -3.52. The molecule has 1 aliphatic rings. The summed E-state index contributed by atoms with van der Waals surface area (Å²) >= 11 is 0. The SMILES string of the molecule is C=C(C)c1cccc(OCC(C)C)c1-n1nc2c(c1-c1ccc3[nH]ccc3c1)CN(C(C)CC(F)(F)F)CC2. The average Bonchev–Trinajstić information content (AvgIpc) is 3.49. The minimum absolute atomic E-state index is 0.330. The smallest absolute Gasteiger partial charge is 0.390 e. The molecule has 1 atom stereocenters. The van der Waals surface area contributed by atoms with Crippen molar-refractivity contribution in [3.8, 4) is 22.7 Å². The topological polar surface area (TPSA) is 46.1 Å². The van der Waals surface area contributed by atoms with Gasteiger partial charge in [-0.1, -0.05) is 38.6 Å². The molecule has 5 rings (SSSR count). The zero-order valence-corrected chi connectivity index (χ0v) is 22.9. The molecule has 0 saturated carbocycles. The van der Waals surface area contributed by atoms with E-state index in [2.05, 4.69) is 31.5 Å². The molecule has 0 amide bonds. The Morgan fingerprint density at radius 2 is 1.95 bits per heavy atom. The predicted molar refractivity (Wildman–Crippen MR) is 150 cm³/mol. The Bertz CT molecular complexity index is 1500. The van der Waals surface area contributed by atoms with Crippen LogP contribution in [0, 0.1) is 5.92 Å². The first-order valence-electron chi connectivity index (χ1n) is 13.4. The highest BCUT2D eigenvalue weighted by atomic mass is 19.4. The number of alkyl halides is 3. The van der Waals surface area contributed by atoms with E-state index in [-0.39, 0.29) is 0 Å². The Morgan fingerprint density at radius 3 is 2.67 bits per heavy atom. The zero-order chi connectivity index (χ0) is 27.9. The minimum atomic E-state index is -4.21. The van der Waals surface area contributed by atoms with Gasteiger partial charge in [0.15, 0.2) is 0 Å². The molecule has 2 aromatic heterocycles. The second kappa shape index (κ2) is 10.6. The lowest BCUT2D eigenvalue weighted by molar-refractivity contribution is -0.146. The second-order valence-corrected chi connectivity index (χ2v) is 11.0. The third kappa shape index (κ3) is 5.62. The molecule has 0 radical (unpaired) electrons. The maximum atomic E-state index is 13.3. The van der Waals surface area contributed by atoms with Crippen LogP contribution >= 0.6 is 0 Å². The molecule has 0 saturated heterocycles. The van der Waals surface area contributed by atoms with Crippen molar-refractivity contribution in [3.63, 3.8) is 0 Å². The van der Waals surface area contributed by atoms with Crippen molar-refractivity contribution >= 4 is 16.5 Å². The van der Waals surface area contributed by atoms with Crippen LogP contribution in [0.1, 0.15) is 50.9 Å². The number of fused-ring (bicyclic) bond motifs is 2. The van der Waals surface area contributed by atoms with Gasteiger partial charge >= 0.3 is 6.18 Å². The fourth-order valence-electron chi connectivity index (χ4n) is 5.35. The number of hydrogen-bond donors (Lipinski definition) is 1. The van der Waals surface area contributed by atoms with Crippen LogP contribution in [0.5, 0.6) is 5.75 Å². The lowest BCUT2D eigenvalue weighted by atomic mass is 9.98. The Balaban J connectivity index is 1.70. The molecule has 5 nitrogen and oxygen atoms in total. The number of aromatic nitrogens is 3. The van der Waals surface area contributed by atoms with E-state index in [1.54, 1.807) is 6.92 Å². The lowest BCUT2D eigenvalue weighted by Crippen LogP contribution is -2.39. The van der Waals surface area contributed by atoms with Crippen molar-refractivity contribution in [2.24, 2.45) is 5.92 Å². The molecule has 1 aliphatic heterocycles. The first kappa shape index (κ1) is 27.1. The van der Waals surface area contributed by atoms with Gasteiger partial charge in [-0.25, -0.2) is 4.68 Å². The fourth-order valence-corrected chi connectivity index (χ4v) is 5.35. The van der Waals surface area contributed by atoms with Crippen molar-refractivity contribution in [2.75, 3.05) is 13.2 Å². The number of nitrogens with zero attached hydrogens (tertiary/aromatic N) is 3. The molecule has 0 fully saturated rings. The van der Waals surface area contributed by atoms with Crippen molar-refractivity contribution in [2.45, 2.75) is 59.3 Å². The van der Waals surface area contributed by atoms with E-state index >= 15 is 0 Å². The van der Waals surface area contributed by atoms with Gasteiger partial charge < -0.3 is 9.72 Å². The standard InChI is InChI=1S/C31H35F3N4O/c1-19(2)18-39-28-8-6-7-24(20(3)4)30(28)38-29(23-9-10-26-22(15-23)11-13-35-26)25-17-37(14-12-27(25)36-38)21(5)16-31(32,33)34/h6-11,13,15,19,21,35H,3,12,14,16-18H2,1-2,4-5H3. The lowest BCUT2D eigenvalue weighted by Gasteiger charge is -2.32. The Labute approximate surface area is 227 Å². The van der Waals surface area contributed by atoms with Gasteiger partial charge in [-0.2, -0.15) is 18.3 Å². The fraction of sp³-hybridized carbons (Fsp3) is 0.387. The number of halogens is 3. The number of hydrogen-bond acceptors (Lipinski definition) is 3. The van der Waals surface area contributed by atoms with Gasteiger partial charge in [-0.05, 0) is 49.6 Å². The van der Waals surface area contributed by atoms with Crippen LogP contribution < -0.4 is 4.74 Å². The first-order chi connectivity index (χ1) is 18.5. The predicted octanol–water partition coefficient (Wildman–Crippen LogP) is 7.79. The maximum absolute atomic E-state index is 13.3. The van der Waals surface area contributed by atoms with Crippen LogP contribution in [-0.4, -0.2) is 45.0 Å². The van der Waals surface area contributed by atoms with E-state index in [0.717, 1.165) is 50.2 Å². The van der Waals surface area contributed by atoms with Gasteiger partial charge in [-0.15, -0.1) is 0 Å². The monoisotopic (exact) mass is 536 g/mol. The summed E-state index contributed by atoms with van der Waals surface area (Å²) in [5.41, 5.74) is 7.30. The minimum Gasteiger partial charge on any atom is -0.491 e. The van der Waals surface area contributed by atoms with Crippen molar-refractivity contribution < 1.29 is 17.9 Å². The van der Waals surface area contributed by atoms with Crippen molar-refractivity contribution in [1.82, 2.24) is 19.7 Å². The summed E-state index contributed by atoms with van der Waals surface area (Å²) in [7, 11) is 0. The van der Waals surface area contributed by atoms with E-state index in [9.17, 15) is 13.2 Å². The highest BCUT2D eigenvalue weighted by Crippen LogP contribution is 2.40. The van der Waals surface area contributed by atoms with Crippen LogP contribution in [-0.2, 0) is 13.0 Å². The molecule has 8 heteroatoms. The number of H-pyrrole nitrogens is 1. The zero-order valence-electron chi connectivity index (χ0n) is 22.9. The largest absolute Gasteiger partial charge is 0.491 e. The van der Waals surface area contributed by atoms with E-state index < -0.39 is 18.6 Å². The molecule has 0 aliphatic carbocycles. The molecule has 3 heterocycles. The number of allylic oxidation sites excluding steroid dienone is 1. The van der Waals surface area contributed by atoms with Crippen LogP contribution in [0.3, 0.4) is 0 Å². The summed E-state index contributed by atoms with van der Waals surface area (Å²) in [5.74, 6) is 1.03. The summed E-state index contributed by atoms with van der Waals surface area (Å²) < 4.78 is 48.0. The molecular weight excluding hydrogens is 501 g/mol. The summed E-state index contributed by atoms with van der Waals surface area (Å²) in [6, 6.07) is 13.5. The van der Waals surface area contributed by atoms with E-state index in [1.807, 2.05) is 59.1 Å². The molecule has 39 heavy (non-hydrogen) atoms. The van der Waals surface area contributed by atoms with Crippen LogP contribution in [0.2, 0.25) is 0 Å². The first-order valence-corrected chi connectivity index (χ1v) is 13.4. The molecule has 2 aromatic carbocycles. The van der Waals surface area contributed by atoms with Gasteiger partial charge in [0.1, 0.15) is 11.4 Å². The number of benzene rings is 2. The van der Waals surface area contributed by atoms with Gasteiger partial charge in [0.05, 0.1) is 24.4 Å². The number of aromatic amines is 1. The Morgan fingerprint density at radius 1 is 1.15 bits per heavy atom. The Kier molecular flexibility index (Phi) is 7.33. The molecular formula is C31H35F3N4O. The van der Waals surface area contributed by atoms with Crippen molar-refractivity contribution in [3.05, 3.63) is 72.1 Å². The highest BCUT2D eigenvalue weighted by molar-refractivity contribution is 5.86. The third-order valence-corrected chi connectivity index (χ3v) is 7.28. The van der Waals surface area contributed by atoms with Crippen molar-refractivity contribution in [1.29, 1.82) is 0 Å². The molecule has 4 aromatic rings. The number of nitrogens with one attached hydrogen (secondary N) is 1. The van der Waals surface area contributed by atoms with Gasteiger partial charge in [0.25, 0.3) is 0 Å². The van der Waals surface area contributed by atoms with E-state index in [1.165, 1.54) is 0 Å². The van der Waals surface area contributed by atoms with E-state index in [4.69, 9.17) is 9.84 Å². The van der Waals surface area contributed by atoms with Gasteiger partial charge in [0, 0.05) is 59.3 Å². The number of ether oxygens (including phenoxy) is 1. The van der Waals surface area contributed by atoms with Gasteiger partial charge in [-0.3, -0.25) is 4.90 Å². The van der Waals surface area contributed by atoms with Crippen LogP contribution in [0.15, 0.2) is 55.2 Å². The summed E-state index contributed by atoms with van der Waals surface area (Å²) in [4.78, 5) is 5.15. The van der Waals surface area contributed by atoms with Gasteiger partial charge in [0.2, 0.25) is 0 Å². The highest BCUT2D eigenvalue weighted by Gasteiger charge is 2.35. The molecule has 1 N–H and O–H groups in total. The molecule has 0 bridgehead atoms. The molecule has 0 spiro atoms. The van der Waals surface area contributed by atoms with E-state index in [0.29, 0.717) is 37.8 Å². The quantitative estimate of drug-likeness (QED) is 0.250. The third-order valence-electron chi connectivity index (χ3n) is 7.28. The average molecular weight is 537 g/mol. The summed E-state index contributed by atoms with van der Waals surface area (Å²) in [6.07, 6.45) is -2.58. The van der Waals surface area contributed by atoms with Crippen LogP contribution in [0.25, 0.3) is 33.4 Å². The molecule has 206 valence electrons. The number of para-hydroxylation sites is 1. The normalized spacial score (nSPS) is 15.1. The second-order valence-electron chi connectivity index (χ2n) is 11.0.